The second-order valence-corrected chi connectivity index (χ2v) is 5.34. The zero-order valence-electron chi connectivity index (χ0n) is 10.3. The first-order chi connectivity index (χ1) is 8.40. The van der Waals surface area contributed by atoms with Crippen molar-refractivity contribution in [2.75, 3.05) is 13.1 Å². The SMILES string of the molecule is CC(C)CNCC(O)Cn1cc(Br)c([N+](=O)[O-])n1. The Morgan fingerprint density at radius 1 is 1.61 bits per heavy atom. The van der Waals surface area contributed by atoms with Gasteiger partial charge in [-0.2, -0.15) is 4.68 Å². The highest BCUT2D eigenvalue weighted by molar-refractivity contribution is 9.10. The van der Waals surface area contributed by atoms with E-state index in [1.165, 1.54) is 10.9 Å². The van der Waals surface area contributed by atoms with E-state index < -0.39 is 11.0 Å². The molecule has 1 atom stereocenters. The average Bonchev–Trinajstić information content (AvgIpc) is 2.58. The molecule has 102 valence electrons. The molecule has 0 aliphatic carbocycles. The summed E-state index contributed by atoms with van der Waals surface area (Å²) in [7, 11) is 0. The van der Waals surface area contributed by atoms with Crippen LogP contribution in [0.3, 0.4) is 0 Å². The minimum absolute atomic E-state index is 0.220. The molecule has 1 aromatic rings. The molecule has 0 fully saturated rings. The molecule has 0 spiro atoms. The first kappa shape index (κ1) is 15.1. The number of aromatic nitrogens is 2. The molecule has 0 saturated carbocycles. The fraction of sp³-hybridized carbons (Fsp3) is 0.700. The Hall–Kier alpha value is -0.990. The second kappa shape index (κ2) is 6.81. The Bertz CT molecular complexity index is 408. The molecule has 1 heterocycles. The van der Waals surface area contributed by atoms with Crippen LogP contribution in [-0.4, -0.2) is 39.0 Å². The van der Waals surface area contributed by atoms with Gasteiger partial charge in [-0.05, 0) is 33.3 Å². The number of hydrogen-bond acceptors (Lipinski definition) is 5. The zero-order valence-corrected chi connectivity index (χ0v) is 11.9. The van der Waals surface area contributed by atoms with Gasteiger partial charge in [0.05, 0.1) is 23.9 Å². The quantitative estimate of drug-likeness (QED) is 0.581. The molecule has 2 N–H and O–H groups in total. The van der Waals surface area contributed by atoms with Crippen molar-refractivity contribution in [1.29, 1.82) is 0 Å². The lowest BCUT2D eigenvalue weighted by Gasteiger charge is -2.11. The van der Waals surface area contributed by atoms with Crippen LogP contribution in [-0.2, 0) is 6.54 Å². The molecule has 1 unspecified atom stereocenters. The highest BCUT2D eigenvalue weighted by atomic mass is 79.9. The van der Waals surface area contributed by atoms with Crippen molar-refractivity contribution < 1.29 is 10.0 Å². The normalized spacial score (nSPS) is 12.9. The summed E-state index contributed by atoms with van der Waals surface area (Å²) >= 11 is 3.06. The number of nitrogens with zero attached hydrogens (tertiary/aromatic N) is 3. The zero-order chi connectivity index (χ0) is 13.7. The van der Waals surface area contributed by atoms with Gasteiger partial charge in [0.2, 0.25) is 0 Å². The molecule has 0 aromatic carbocycles. The van der Waals surface area contributed by atoms with Crippen molar-refractivity contribution in [2.24, 2.45) is 5.92 Å². The van der Waals surface area contributed by atoms with Gasteiger partial charge in [0, 0.05) is 6.54 Å². The number of aliphatic hydroxyl groups excluding tert-OH is 1. The molecule has 0 aliphatic heterocycles. The Kier molecular flexibility index (Phi) is 5.70. The highest BCUT2D eigenvalue weighted by Gasteiger charge is 2.19. The summed E-state index contributed by atoms with van der Waals surface area (Å²) in [4.78, 5) is 10.0. The van der Waals surface area contributed by atoms with E-state index in [1.54, 1.807) is 0 Å². The highest BCUT2D eigenvalue weighted by Crippen LogP contribution is 2.21. The maximum atomic E-state index is 10.6. The van der Waals surface area contributed by atoms with Gasteiger partial charge in [0.1, 0.15) is 4.47 Å². The molecule has 0 bridgehead atoms. The van der Waals surface area contributed by atoms with E-state index >= 15 is 0 Å². The fourth-order valence-electron chi connectivity index (χ4n) is 1.42. The van der Waals surface area contributed by atoms with Crippen LogP contribution in [0.2, 0.25) is 0 Å². The van der Waals surface area contributed by atoms with E-state index in [-0.39, 0.29) is 12.4 Å². The van der Waals surface area contributed by atoms with Crippen LogP contribution in [0.25, 0.3) is 0 Å². The van der Waals surface area contributed by atoms with E-state index in [1.807, 2.05) is 0 Å². The van der Waals surface area contributed by atoms with Crippen LogP contribution in [0.1, 0.15) is 13.8 Å². The average molecular weight is 321 g/mol. The Morgan fingerprint density at radius 2 is 2.28 bits per heavy atom. The third-order valence-electron chi connectivity index (χ3n) is 2.20. The van der Waals surface area contributed by atoms with E-state index in [2.05, 4.69) is 40.2 Å². The summed E-state index contributed by atoms with van der Waals surface area (Å²) < 4.78 is 1.68. The number of hydrogen-bond donors (Lipinski definition) is 2. The Balaban J connectivity index is 2.47. The van der Waals surface area contributed by atoms with Gasteiger partial charge in [-0.15, -0.1) is 0 Å². The number of rotatable bonds is 7. The van der Waals surface area contributed by atoms with E-state index in [9.17, 15) is 15.2 Å². The fourth-order valence-corrected chi connectivity index (χ4v) is 1.88. The maximum absolute atomic E-state index is 10.6. The number of nitrogens with one attached hydrogen (secondary N) is 1. The number of nitro groups is 1. The first-order valence-electron chi connectivity index (χ1n) is 5.66. The molecular weight excluding hydrogens is 304 g/mol. The summed E-state index contributed by atoms with van der Waals surface area (Å²) in [6, 6.07) is 0. The topological polar surface area (TPSA) is 93.2 Å². The van der Waals surface area contributed by atoms with Crippen LogP contribution >= 0.6 is 15.9 Å². The lowest BCUT2D eigenvalue weighted by atomic mass is 10.2. The predicted octanol–water partition coefficient (Wildman–Crippen LogP) is 1.16. The summed E-state index contributed by atoms with van der Waals surface area (Å²) in [6.07, 6.45) is 0.860. The molecule has 0 amide bonds. The molecule has 7 nitrogen and oxygen atoms in total. The smallest absolute Gasteiger partial charge is 0.390 e. The van der Waals surface area contributed by atoms with Crippen LogP contribution in [0.15, 0.2) is 10.7 Å². The van der Waals surface area contributed by atoms with Gasteiger partial charge < -0.3 is 20.5 Å². The van der Waals surface area contributed by atoms with Crippen molar-refractivity contribution >= 4 is 21.7 Å². The minimum Gasteiger partial charge on any atom is -0.390 e. The van der Waals surface area contributed by atoms with Crippen molar-refractivity contribution in [3.05, 3.63) is 20.8 Å². The largest absolute Gasteiger partial charge is 0.404 e. The van der Waals surface area contributed by atoms with Gasteiger partial charge in [0.15, 0.2) is 0 Å². The van der Waals surface area contributed by atoms with Gasteiger partial charge in [0.25, 0.3) is 0 Å². The van der Waals surface area contributed by atoms with Crippen molar-refractivity contribution in [3.8, 4) is 0 Å². The van der Waals surface area contributed by atoms with Crippen LogP contribution in [0.4, 0.5) is 5.82 Å². The molecular formula is C10H17BrN4O3. The third kappa shape index (κ3) is 4.71. The van der Waals surface area contributed by atoms with Gasteiger partial charge in [-0.25, -0.2) is 0 Å². The van der Waals surface area contributed by atoms with Crippen LogP contribution < -0.4 is 5.32 Å². The van der Waals surface area contributed by atoms with Crippen molar-refractivity contribution in [1.82, 2.24) is 15.1 Å². The van der Waals surface area contributed by atoms with Crippen LogP contribution in [0, 0.1) is 16.0 Å². The first-order valence-corrected chi connectivity index (χ1v) is 6.45. The van der Waals surface area contributed by atoms with E-state index in [0.717, 1.165) is 6.54 Å². The Morgan fingerprint density at radius 3 is 2.78 bits per heavy atom. The van der Waals surface area contributed by atoms with Crippen molar-refractivity contribution in [3.63, 3.8) is 0 Å². The summed E-state index contributed by atoms with van der Waals surface area (Å²) in [5.41, 5.74) is 0. The Labute approximate surface area is 113 Å². The van der Waals surface area contributed by atoms with E-state index in [0.29, 0.717) is 16.9 Å². The lowest BCUT2D eigenvalue weighted by Crippen LogP contribution is -2.32. The summed E-state index contributed by atoms with van der Waals surface area (Å²) in [5.74, 6) is 0.273. The predicted molar refractivity (Wildman–Crippen MR) is 70.3 cm³/mol. The standard InChI is InChI=1S/C10H17BrN4O3/c1-7(2)3-12-4-8(16)5-14-6-9(11)10(13-14)15(17)18/h6-8,12,16H,3-5H2,1-2H3. The molecule has 0 aliphatic rings. The molecule has 8 heteroatoms. The van der Waals surface area contributed by atoms with Gasteiger partial charge in [-0.1, -0.05) is 13.8 Å². The monoisotopic (exact) mass is 320 g/mol. The molecule has 0 radical (unpaired) electrons. The van der Waals surface area contributed by atoms with Crippen LogP contribution in [0.5, 0.6) is 0 Å². The lowest BCUT2D eigenvalue weighted by molar-refractivity contribution is -0.390. The third-order valence-corrected chi connectivity index (χ3v) is 2.76. The summed E-state index contributed by atoms with van der Waals surface area (Å²) in [6.45, 7) is 5.63. The molecule has 0 saturated heterocycles. The molecule has 18 heavy (non-hydrogen) atoms. The molecule has 1 rings (SSSR count). The summed E-state index contributed by atoms with van der Waals surface area (Å²) in [5, 5.41) is 27.2. The molecule has 1 aromatic heterocycles. The maximum Gasteiger partial charge on any atom is 0.404 e. The number of halogens is 1. The second-order valence-electron chi connectivity index (χ2n) is 4.49. The van der Waals surface area contributed by atoms with Crippen molar-refractivity contribution in [2.45, 2.75) is 26.5 Å². The van der Waals surface area contributed by atoms with E-state index in [4.69, 9.17) is 0 Å². The van der Waals surface area contributed by atoms with Gasteiger partial charge in [-0.3, -0.25) is 0 Å². The van der Waals surface area contributed by atoms with Gasteiger partial charge >= 0.3 is 5.82 Å². The minimum atomic E-state index is -0.629. The number of aliphatic hydroxyl groups is 1.